The molecule has 0 aliphatic heterocycles. The first kappa shape index (κ1) is 12.6. The third-order valence-electron chi connectivity index (χ3n) is 3.20. The molecule has 0 fully saturated rings. The average Bonchev–Trinajstić information content (AvgIpc) is 2.41. The van der Waals surface area contributed by atoms with Crippen LogP contribution in [-0.2, 0) is 10.5 Å². The topological polar surface area (TPSA) is 38.7 Å². The molecule has 0 saturated carbocycles. The van der Waals surface area contributed by atoms with Gasteiger partial charge in [-0.25, -0.2) is 5.26 Å². The van der Waals surface area contributed by atoms with Gasteiger partial charge in [-0.2, -0.15) is 0 Å². The predicted octanol–water partition coefficient (Wildman–Crippen LogP) is 3.80. The van der Waals surface area contributed by atoms with Crippen molar-refractivity contribution < 1.29 is 15.2 Å². The van der Waals surface area contributed by atoms with E-state index in [0.717, 1.165) is 0 Å². The van der Waals surface area contributed by atoms with Crippen LogP contribution in [-0.4, -0.2) is 5.26 Å². The zero-order valence-electron chi connectivity index (χ0n) is 10.5. The van der Waals surface area contributed by atoms with Crippen molar-refractivity contribution in [3.05, 3.63) is 65.7 Å². The second-order valence-electron chi connectivity index (χ2n) is 4.67. The van der Waals surface area contributed by atoms with Crippen molar-refractivity contribution in [1.29, 1.82) is 0 Å². The minimum atomic E-state index is -0.0835. The summed E-state index contributed by atoms with van der Waals surface area (Å²) in [6.07, 6.45) is 0. The number of rotatable bonds is 4. The Labute approximate surface area is 106 Å². The smallest absolute Gasteiger partial charge is 0.168 e. The molecule has 0 aliphatic carbocycles. The number of hydrogen-bond donors (Lipinski definition) is 1. The molecule has 0 atom stereocenters. The summed E-state index contributed by atoms with van der Waals surface area (Å²) in [7, 11) is 0. The van der Waals surface area contributed by atoms with Gasteiger partial charge >= 0.3 is 0 Å². The van der Waals surface area contributed by atoms with E-state index in [1.807, 2.05) is 30.3 Å². The largest absolute Gasteiger partial charge is 0.308 e. The molecule has 0 radical (unpaired) electrons. The van der Waals surface area contributed by atoms with E-state index in [0.29, 0.717) is 5.75 Å². The van der Waals surface area contributed by atoms with Crippen LogP contribution in [0.2, 0.25) is 0 Å². The van der Waals surface area contributed by atoms with Gasteiger partial charge in [0.15, 0.2) is 5.75 Å². The quantitative estimate of drug-likeness (QED) is 0.656. The van der Waals surface area contributed by atoms with Crippen LogP contribution in [0.3, 0.4) is 0 Å². The van der Waals surface area contributed by atoms with Crippen LogP contribution in [0.25, 0.3) is 0 Å². The highest BCUT2D eigenvalue weighted by atomic mass is 17.5. The molecular formula is C15H16O3. The molecule has 0 heterocycles. The summed E-state index contributed by atoms with van der Waals surface area (Å²) >= 11 is 0. The molecule has 18 heavy (non-hydrogen) atoms. The second-order valence-corrected chi connectivity index (χ2v) is 4.67. The van der Waals surface area contributed by atoms with Gasteiger partial charge in [-0.1, -0.05) is 56.3 Å². The first-order valence-corrected chi connectivity index (χ1v) is 5.79. The molecule has 0 amide bonds. The van der Waals surface area contributed by atoms with Gasteiger partial charge in [0.1, 0.15) is 0 Å². The molecular weight excluding hydrogens is 228 g/mol. The summed E-state index contributed by atoms with van der Waals surface area (Å²) in [5.41, 5.74) is 2.33. The molecule has 94 valence electrons. The fraction of sp³-hybridized carbons (Fsp3) is 0.200. The second kappa shape index (κ2) is 5.21. The normalized spacial score (nSPS) is 11.3. The molecule has 0 spiro atoms. The van der Waals surface area contributed by atoms with Gasteiger partial charge in [0, 0.05) is 5.41 Å². The molecule has 1 N–H and O–H groups in total. The van der Waals surface area contributed by atoms with Gasteiger partial charge < -0.3 is 4.89 Å². The lowest BCUT2D eigenvalue weighted by Gasteiger charge is -2.26. The van der Waals surface area contributed by atoms with Crippen molar-refractivity contribution in [2.45, 2.75) is 19.3 Å². The highest BCUT2D eigenvalue weighted by Crippen LogP contribution is 2.32. The van der Waals surface area contributed by atoms with E-state index in [2.05, 4.69) is 35.9 Å². The molecule has 0 aromatic heterocycles. The molecule has 0 saturated heterocycles. The Bertz CT molecular complexity index is 489. The van der Waals surface area contributed by atoms with Gasteiger partial charge in [0.05, 0.1) is 0 Å². The van der Waals surface area contributed by atoms with E-state index < -0.39 is 0 Å². The van der Waals surface area contributed by atoms with Gasteiger partial charge in [-0.05, 0) is 28.3 Å². The molecule has 0 unspecified atom stereocenters. The summed E-state index contributed by atoms with van der Waals surface area (Å²) in [4.78, 5) is 4.53. The van der Waals surface area contributed by atoms with Crippen LogP contribution in [0.1, 0.15) is 25.0 Å². The summed E-state index contributed by atoms with van der Waals surface area (Å²) in [6, 6.07) is 17.7. The zero-order chi connectivity index (χ0) is 13.0. The Hall–Kier alpha value is -1.84. The Balaban J connectivity index is 2.30. The molecule has 2 aromatic rings. The highest BCUT2D eigenvalue weighted by molar-refractivity contribution is 5.39. The SMILES string of the molecule is CC(C)(c1ccccc1)c1ccc(OOO)cc1. The first-order valence-electron chi connectivity index (χ1n) is 5.79. The van der Waals surface area contributed by atoms with Crippen molar-refractivity contribution >= 4 is 0 Å². The molecule has 2 aromatic carbocycles. The van der Waals surface area contributed by atoms with E-state index in [1.165, 1.54) is 11.1 Å². The summed E-state index contributed by atoms with van der Waals surface area (Å²) in [5.74, 6) is 0.463. The lowest BCUT2D eigenvalue weighted by atomic mass is 9.78. The van der Waals surface area contributed by atoms with E-state index in [1.54, 1.807) is 12.1 Å². The first-order chi connectivity index (χ1) is 8.64. The third kappa shape index (κ3) is 2.53. The monoisotopic (exact) mass is 244 g/mol. The van der Waals surface area contributed by atoms with E-state index >= 15 is 0 Å². The highest BCUT2D eigenvalue weighted by Gasteiger charge is 2.22. The molecule has 0 aliphatic rings. The summed E-state index contributed by atoms with van der Waals surface area (Å²) in [5, 5.41) is 11.8. The van der Waals surface area contributed by atoms with Crippen molar-refractivity contribution in [1.82, 2.24) is 0 Å². The standard InChI is InChI=1S/C15H16O3/c1-15(2,12-6-4-3-5-7-12)13-8-10-14(11-9-13)17-18-16/h3-11,16H,1-2H3. The minimum absolute atomic E-state index is 0.0835. The van der Waals surface area contributed by atoms with Gasteiger partial charge in [-0.15, -0.1) is 0 Å². The van der Waals surface area contributed by atoms with Crippen LogP contribution in [0.5, 0.6) is 5.75 Å². The lowest BCUT2D eigenvalue weighted by Crippen LogP contribution is -2.18. The number of benzene rings is 2. The van der Waals surface area contributed by atoms with E-state index in [4.69, 9.17) is 5.26 Å². The van der Waals surface area contributed by atoms with Crippen molar-refractivity contribution in [3.8, 4) is 5.75 Å². The predicted molar refractivity (Wildman–Crippen MR) is 69.4 cm³/mol. The van der Waals surface area contributed by atoms with E-state index in [-0.39, 0.29) is 5.41 Å². The molecule has 2 rings (SSSR count). The van der Waals surface area contributed by atoms with E-state index in [9.17, 15) is 0 Å². The van der Waals surface area contributed by atoms with Crippen molar-refractivity contribution in [2.24, 2.45) is 0 Å². The maximum absolute atomic E-state index is 8.20. The molecule has 0 bridgehead atoms. The summed E-state index contributed by atoms with van der Waals surface area (Å²) in [6.45, 7) is 4.33. The van der Waals surface area contributed by atoms with Crippen LogP contribution in [0, 0.1) is 0 Å². The maximum Gasteiger partial charge on any atom is 0.168 e. The molecule has 3 heteroatoms. The number of hydrogen-bond acceptors (Lipinski definition) is 3. The zero-order valence-corrected chi connectivity index (χ0v) is 10.5. The lowest BCUT2D eigenvalue weighted by molar-refractivity contribution is -0.438. The van der Waals surface area contributed by atoms with Crippen LogP contribution in [0.4, 0.5) is 0 Å². The Morgan fingerprint density at radius 1 is 0.833 bits per heavy atom. The minimum Gasteiger partial charge on any atom is -0.308 e. The van der Waals surface area contributed by atoms with Crippen molar-refractivity contribution in [3.63, 3.8) is 0 Å². The summed E-state index contributed by atoms with van der Waals surface area (Å²) < 4.78 is 0. The Morgan fingerprint density at radius 3 is 1.94 bits per heavy atom. The maximum atomic E-state index is 8.20. The van der Waals surface area contributed by atoms with Crippen LogP contribution >= 0.6 is 0 Å². The van der Waals surface area contributed by atoms with Crippen LogP contribution < -0.4 is 4.89 Å². The fourth-order valence-electron chi connectivity index (χ4n) is 1.99. The fourth-order valence-corrected chi connectivity index (χ4v) is 1.99. The van der Waals surface area contributed by atoms with Gasteiger partial charge in [0.2, 0.25) is 0 Å². The van der Waals surface area contributed by atoms with Gasteiger partial charge in [0.25, 0.3) is 0 Å². The Kier molecular flexibility index (Phi) is 3.65. The van der Waals surface area contributed by atoms with Crippen LogP contribution in [0.15, 0.2) is 54.6 Å². The average molecular weight is 244 g/mol. The molecule has 3 nitrogen and oxygen atoms in total. The Morgan fingerprint density at radius 2 is 1.39 bits per heavy atom. The van der Waals surface area contributed by atoms with Crippen molar-refractivity contribution in [2.75, 3.05) is 0 Å². The third-order valence-corrected chi connectivity index (χ3v) is 3.20. The van der Waals surface area contributed by atoms with Gasteiger partial charge in [-0.3, -0.25) is 0 Å².